The Hall–Kier alpha value is -2.33. The van der Waals surface area contributed by atoms with Crippen LogP contribution in [0.1, 0.15) is 17.4 Å². The summed E-state index contributed by atoms with van der Waals surface area (Å²) in [5.41, 5.74) is 1.11. The molecule has 102 valence electrons. The Labute approximate surface area is 115 Å². The van der Waals surface area contributed by atoms with Gasteiger partial charge in [-0.25, -0.2) is 4.39 Å². The molecule has 3 rings (SSSR count). The molecular weight excluding hydrogens is 259 g/mol. The largest absolute Gasteiger partial charge is 0.494 e. The first-order chi connectivity index (χ1) is 9.69. The van der Waals surface area contributed by atoms with Crippen LogP contribution in [0.15, 0.2) is 52.9 Å². The molecule has 1 N–H and O–H groups in total. The number of halogens is 1. The molecule has 0 amide bonds. The van der Waals surface area contributed by atoms with Crippen molar-refractivity contribution in [2.75, 3.05) is 7.11 Å². The zero-order valence-corrected chi connectivity index (χ0v) is 10.8. The summed E-state index contributed by atoms with van der Waals surface area (Å²) < 4.78 is 24.1. The van der Waals surface area contributed by atoms with E-state index in [-0.39, 0.29) is 5.75 Å². The lowest BCUT2D eigenvalue weighted by Crippen LogP contribution is -1.99. The number of furan rings is 1. The number of rotatable bonds is 3. The summed E-state index contributed by atoms with van der Waals surface area (Å²) in [6, 6.07) is 13.6. The van der Waals surface area contributed by atoms with Gasteiger partial charge in [0.2, 0.25) is 0 Å². The third-order valence-electron chi connectivity index (χ3n) is 3.21. The molecule has 1 aromatic heterocycles. The third-order valence-corrected chi connectivity index (χ3v) is 3.21. The molecule has 0 aliphatic rings. The van der Waals surface area contributed by atoms with Crippen molar-refractivity contribution in [2.24, 2.45) is 0 Å². The molecule has 0 saturated carbocycles. The monoisotopic (exact) mass is 272 g/mol. The number of fused-ring (bicyclic) bond motifs is 1. The first kappa shape index (κ1) is 12.7. The highest BCUT2D eigenvalue weighted by molar-refractivity contribution is 5.77. The first-order valence-corrected chi connectivity index (χ1v) is 6.19. The van der Waals surface area contributed by atoms with E-state index in [1.54, 1.807) is 12.1 Å². The summed E-state index contributed by atoms with van der Waals surface area (Å²) in [6.45, 7) is 0. The van der Waals surface area contributed by atoms with Crippen molar-refractivity contribution in [3.8, 4) is 5.75 Å². The van der Waals surface area contributed by atoms with E-state index in [1.165, 1.54) is 19.2 Å². The normalized spacial score (nSPS) is 12.6. The van der Waals surface area contributed by atoms with Gasteiger partial charge in [0.25, 0.3) is 0 Å². The zero-order valence-electron chi connectivity index (χ0n) is 10.8. The number of hydrogen-bond donors (Lipinski definition) is 1. The molecule has 20 heavy (non-hydrogen) atoms. The SMILES string of the molecule is COc1ccc(C(O)c2cc3ccccc3o2)cc1F. The van der Waals surface area contributed by atoms with E-state index in [0.717, 1.165) is 5.39 Å². The van der Waals surface area contributed by atoms with Gasteiger partial charge in [0.1, 0.15) is 17.4 Å². The van der Waals surface area contributed by atoms with Crippen LogP contribution in [0.5, 0.6) is 5.75 Å². The highest BCUT2D eigenvalue weighted by Gasteiger charge is 2.17. The van der Waals surface area contributed by atoms with Crippen LogP contribution in [0.4, 0.5) is 4.39 Å². The lowest BCUT2D eigenvalue weighted by Gasteiger charge is -2.09. The number of benzene rings is 2. The molecular formula is C16H13FO3. The Morgan fingerprint density at radius 3 is 2.65 bits per heavy atom. The predicted molar refractivity (Wildman–Crippen MR) is 73.2 cm³/mol. The first-order valence-electron chi connectivity index (χ1n) is 6.19. The Balaban J connectivity index is 1.99. The van der Waals surface area contributed by atoms with E-state index in [9.17, 15) is 9.50 Å². The summed E-state index contributed by atoms with van der Waals surface area (Å²) in [6.07, 6.45) is -1.01. The number of ether oxygens (including phenoxy) is 1. The number of aliphatic hydroxyl groups is 1. The highest BCUT2D eigenvalue weighted by atomic mass is 19.1. The fourth-order valence-corrected chi connectivity index (χ4v) is 2.15. The smallest absolute Gasteiger partial charge is 0.165 e. The van der Waals surface area contributed by atoms with Crippen LogP contribution >= 0.6 is 0 Å². The van der Waals surface area contributed by atoms with Crippen LogP contribution in [-0.4, -0.2) is 12.2 Å². The molecule has 1 unspecified atom stereocenters. The van der Waals surface area contributed by atoms with Gasteiger partial charge in [0.05, 0.1) is 7.11 Å². The standard InChI is InChI=1S/C16H13FO3/c1-19-14-7-6-11(8-12(14)17)16(18)15-9-10-4-2-3-5-13(10)20-15/h2-9,16,18H,1H3. The Morgan fingerprint density at radius 1 is 1.15 bits per heavy atom. The molecule has 0 aliphatic heterocycles. The minimum Gasteiger partial charge on any atom is -0.494 e. The molecule has 0 radical (unpaired) electrons. The summed E-state index contributed by atoms with van der Waals surface area (Å²) in [7, 11) is 1.40. The molecule has 0 saturated heterocycles. The molecule has 0 aliphatic carbocycles. The maximum absolute atomic E-state index is 13.7. The topological polar surface area (TPSA) is 42.6 Å². The van der Waals surface area contributed by atoms with Gasteiger partial charge in [-0.15, -0.1) is 0 Å². The van der Waals surface area contributed by atoms with Crippen LogP contribution < -0.4 is 4.74 Å². The van der Waals surface area contributed by atoms with Crippen LogP contribution in [-0.2, 0) is 0 Å². The van der Waals surface area contributed by atoms with E-state index < -0.39 is 11.9 Å². The van der Waals surface area contributed by atoms with Gasteiger partial charge in [-0.2, -0.15) is 0 Å². The molecule has 0 fully saturated rings. The maximum atomic E-state index is 13.7. The van der Waals surface area contributed by atoms with Crippen LogP contribution in [0, 0.1) is 5.82 Å². The van der Waals surface area contributed by atoms with Crippen molar-refractivity contribution in [1.82, 2.24) is 0 Å². The lowest BCUT2D eigenvalue weighted by atomic mass is 10.1. The Morgan fingerprint density at radius 2 is 1.95 bits per heavy atom. The third kappa shape index (κ3) is 2.14. The van der Waals surface area contributed by atoms with Gasteiger partial charge >= 0.3 is 0 Å². The molecule has 3 nitrogen and oxygen atoms in total. The zero-order chi connectivity index (χ0) is 14.1. The van der Waals surface area contributed by atoms with E-state index in [4.69, 9.17) is 9.15 Å². The van der Waals surface area contributed by atoms with Crippen LogP contribution in [0.2, 0.25) is 0 Å². The summed E-state index contributed by atoms with van der Waals surface area (Å²) >= 11 is 0. The van der Waals surface area contributed by atoms with Gasteiger partial charge in [0, 0.05) is 5.39 Å². The van der Waals surface area contributed by atoms with Crippen molar-refractivity contribution >= 4 is 11.0 Å². The van der Waals surface area contributed by atoms with Gasteiger partial charge in [-0.1, -0.05) is 24.3 Å². The van der Waals surface area contributed by atoms with E-state index in [0.29, 0.717) is 16.9 Å². The van der Waals surface area contributed by atoms with Gasteiger partial charge in [0.15, 0.2) is 11.6 Å². The summed E-state index contributed by atoms with van der Waals surface area (Å²) in [5, 5.41) is 11.2. The van der Waals surface area contributed by atoms with Crippen LogP contribution in [0.3, 0.4) is 0 Å². The van der Waals surface area contributed by atoms with Crippen molar-refractivity contribution in [2.45, 2.75) is 6.10 Å². The van der Waals surface area contributed by atoms with E-state index >= 15 is 0 Å². The van der Waals surface area contributed by atoms with Crippen molar-refractivity contribution in [3.63, 3.8) is 0 Å². The molecule has 0 bridgehead atoms. The fourth-order valence-electron chi connectivity index (χ4n) is 2.15. The van der Waals surface area contributed by atoms with Gasteiger partial charge < -0.3 is 14.3 Å². The van der Waals surface area contributed by atoms with Crippen molar-refractivity contribution < 1.29 is 18.7 Å². The quantitative estimate of drug-likeness (QED) is 0.791. The average Bonchev–Trinajstić information content (AvgIpc) is 2.90. The van der Waals surface area contributed by atoms with Gasteiger partial charge in [-0.3, -0.25) is 0 Å². The second kappa shape index (κ2) is 4.98. The summed E-state index contributed by atoms with van der Waals surface area (Å²) in [4.78, 5) is 0. The minimum absolute atomic E-state index is 0.144. The average molecular weight is 272 g/mol. The van der Waals surface area contributed by atoms with Crippen molar-refractivity contribution in [3.05, 3.63) is 65.7 Å². The Kier molecular flexibility index (Phi) is 3.16. The predicted octanol–water partition coefficient (Wildman–Crippen LogP) is 3.66. The summed E-state index contributed by atoms with van der Waals surface area (Å²) in [5.74, 6) is 0.0153. The van der Waals surface area contributed by atoms with E-state index in [1.807, 2.05) is 24.3 Å². The molecule has 1 atom stereocenters. The minimum atomic E-state index is -1.01. The molecule has 1 heterocycles. The molecule has 3 aromatic rings. The lowest BCUT2D eigenvalue weighted by molar-refractivity contribution is 0.191. The number of hydrogen-bond acceptors (Lipinski definition) is 3. The van der Waals surface area contributed by atoms with Gasteiger partial charge in [-0.05, 0) is 29.8 Å². The highest BCUT2D eigenvalue weighted by Crippen LogP contribution is 2.30. The molecule has 0 spiro atoms. The van der Waals surface area contributed by atoms with Crippen molar-refractivity contribution in [1.29, 1.82) is 0 Å². The maximum Gasteiger partial charge on any atom is 0.165 e. The number of aliphatic hydroxyl groups excluding tert-OH is 1. The molecule has 4 heteroatoms. The second-order valence-electron chi connectivity index (χ2n) is 4.48. The van der Waals surface area contributed by atoms with E-state index in [2.05, 4.69) is 0 Å². The Bertz CT molecular complexity index is 715. The fraction of sp³-hybridized carbons (Fsp3) is 0.125. The second-order valence-corrected chi connectivity index (χ2v) is 4.48. The van der Waals surface area contributed by atoms with Crippen LogP contribution in [0.25, 0.3) is 11.0 Å². The molecule has 2 aromatic carbocycles. The number of methoxy groups -OCH3 is 1. The number of para-hydroxylation sites is 1.